The summed E-state index contributed by atoms with van der Waals surface area (Å²) in [5, 5.41) is 19.0. The van der Waals surface area contributed by atoms with Crippen molar-refractivity contribution >= 4 is 29.3 Å². The van der Waals surface area contributed by atoms with Crippen molar-refractivity contribution in [1.82, 2.24) is 5.32 Å². The average Bonchev–Trinajstić information content (AvgIpc) is 2.71. The van der Waals surface area contributed by atoms with Crippen LogP contribution in [0.25, 0.3) is 0 Å². The van der Waals surface area contributed by atoms with E-state index in [4.69, 9.17) is 11.1 Å². The predicted molar refractivity (Wildman–Crippen MR) is 111 cm³/mol. The fourth-order valence-corrected chi connectivity index (χ4v) is 2.91. The molecule has 0 fully saturated rings. The number of fused-ring (bicyclic) bond motifs is 1. The van der Waals surface area contributed by atoms with Crippen LogP contribution in [0.15, 0.2) is 60.2 Å². The van der Waals surface area contributed by atoms with Crippen molar-refractivity contribution in [3.05, 3.63) is 71.3 Å². The number of carboxylic acid groups (broad SMARTS) is 1. The van der Waals surface area contributed by atoms with Gasteiger partial charge in [0.05, 0.1) is 5.84 Å². The molecule has 156 valence electrons. The maximum Gasteiger partial charge on any atom is 0.326 e. The molecule has 1 atom stereocenters. The number of hydrogen-bond acceptors (Lipinski definition) is 5. The smallest absolute Gasteiger partial charge is 0.326 e. The monoisotopic (exact) mass is 409 g/mol. The number of amidine groups is 1. The molecular formula is C22H23N3O5. The summed E-state index contributed by atoms with van der Waals surface area (Å²) in [5.74, 6) is -2.75. The van der Waals surface area contributed by atoms with E-state index in [1.165, 1.54) is 24.3 Å². The first-order valence-electron chi connectivity index (χ1n) is 9.31. The minimum atomic E-state index is -1.22. The normalized spacial score (nSPS) is 17.9. The Kier molecular flexibility index (Phi) is 7.57. The highest BCUT2D eigenvalue weighted by molar-refractivity contribution is 6.17. The van der Waals surface area contributed by atoms with Crippen LogP contribution in [0.3, 0.4) is 0 Å². The van der Waals surface area contributed by atoms with Gasteiger partial charge in [0.2, 0.25) is 0 Å². The first kappa shape index (κ1) is 22.5. The first-order valence-corrected chi connectivity index (χ1v) is 9.31. The van der Waals surface area contributed by atoms with Gasteiger partial charge in [-0.2, -0.15) is 0 Å². The Morgan fingerprint density at radius 2 is 1.87 bits per heavy atom. The molecule has 1 aliphatic rings. The van der Waals surface area contributed by atoms with Crippen LogP contribution in [0.5, 0.6) is 0 Å². The van der Waals surface area contributed by atoms with Crippen LogP contribution >= 0.6 is 0 Å². The van der Waals surface area contributed by atoms with Crippen LogP contribution in [0.4, 0.5) is 0 Å². The number of nitrogens with two attached hydrogens (primary N) is 1. The standard InChI is InChI=1S/C22H23N3O5/c1-13-9-10-14(21(28)25-17(22(29)30)7-4-8-19(23)24)11-12-18(26)15-5-2-3-6-16(15)20(13)27/h2-3,5-6,9-11,17H,1,4,7-8,12H2,(H3,23,24)(H,25,28)(H,29,30)/b10-9-,14-11+. The fraction of sp³-hybridized carbons (Fsp3) is 0.227. The number of nitrogens with one attached hydrogen (secondary N) is 2. The number of hydrogen-bond donors (Lipinski definition) is 4. The number of allylic oxidation sites excluding steroid dienone is 3. The second kappa shape index (κ2) is 10.1. The zero-order chi connectivity index (χ0) is 22.3. The van der Waals surface area contributed by atoms with Gasteiger partial charge in [0, 0.05) is 35.1 Å². The molecule has 0 bridgehead atoms. The quantitative estimate of drug-likeness (QED) is 0.308. The third kappa shape index (κ3) is 5.84. The van der Waals surface area contributed by atoms with E-state index in [9.17, 15) is 24.3 Å². The van der Waals surface area contributed by atoms with Gasteiger partial charge in [0.15, 0.2) is 11.6 Å². The van der Waals surface area contributed by atoms with Gasteiger partial charge in [-0.15, -0.1) is 0 Å². The number of amides is 1. The molecule has 8 nitrogen and oxygen atoms in total. The Morgan fingerprint density at radius 3 is 2.50 bits per heavy atom. The molecule has 0 radical (unpaired) electrons. The number of benzene rings is 1. The van der Waals surface area contributed by atoms with Crippen molar-refractivity contribution in [3.63, 3.8) is 0 Å². The summed E-state index contributed by atoms with van der Waals surface area (Å²) in [5.41, 5.74) is 5.89. The largest absolute Gasteiger partial charge is 0.480 e. The van der Waals surface area contributed by atoms with E-state index in [0.717, 1.165) is 0 Å². The highest BCUT2D eigenvalue weighted by atomic mass is 16.4. The number of carboxylic acids is 1. The molecule has 2 rings (SSSR count). The van der Waals surface area contributed by atoms with Crippen LogP contribution in [-0.2, 0) is 9.59 Å². The van der Waals surface area contributed by atoms with Crippen molar-refractivity contribution in [3.8, 4) is 0 Å². The molecule has 5 N–H and O–H groups in total. The third-order valence-corrected chi connectivity index (χ3v) is 4.54. The second-order valence-electron chi connectivity index (χ2n) is 6.80. The van der Waals surface area contributed by atoms with E-state index in [-0.39, 0.29) is 53.2 Å². The van der Waals surface area contributed by atoms with Gasteiger partial charge in [-0.05, 0) is 18.9 Å². The van der Waals surface area contributed by atoms with Gasteiger partial charge >= 0.3 is 5.97 Å². The maximum atomic E-state index is 12.6. The van der Waals surface area contributed by atoms with Gasteiger partial charge < -0.3 is 16.2 Å². The molecule has 1 aromatic rings. The Labute approximate surface area is 173 Å². The van der Waals surface area contributed by atoms with E-state index in [2.05, 4.69) is 11.9 Å². The Bertz CT molecular complexity index is 975. The van der Waals surface area contributed by atoms with E-state index >= 15 is 0 Å². The Hall–Kier alpha value is -3.81. The molecule has 0 aromatic heterocycles. The summed E-state index contributed by atoms with van der Waals surface area (Å²) in [6.45, 7) is 3.70. The molecular weight excluding hydrogens is 386 g/mol. The summed E-state index contributed by atoms with van der Waals surface area (Å²) in [6, 6.07) is 5.20. The van der Waals surface area contributed by atoms with E-state index in [0.29, 0.717) is 6.42 Å². The summed E-state index contributed by atoms with van der Waals surface area (Å²) < 4.78 is 0. The molecule has 0 saturated carbocycles. The Balaban J connectivity index is 2.25. The summed E-state index contributed by atoms with van der Waals surface area (Å²) in [6.07, 6.45) is 4.60. The molecule has 30 heavy (non-hydrogen) atoms. The van der Waals surface area contributed by atoms with E-state index in [1.807, 2.05) is 0 Å². The number of Topliss-reactive ketones (excluding diaryl/α,β-unsaturated/α-hetero) is 2. The second-order valence-corrected chi connectivity index (χ2v) is 6.80. The van der Waals surface area contributed by atoms with Gasteiger partial charge in [-0.25, -0.2) is 4.79 Å². The highest BCUT2D eigenvalue weighted by Gasteiger charge is 2.23. The summed E-state index contributed by atoms with van der Waals surface area (Å²) in [7, 11) is 0. The molecule has 1 amide bonds. The van der Waals surface area contributed by atoms with Crippen molar-refractivity contribution in [1.29, 1.82) is 5.41 Å². The lowest BCUT2D eigenvalue weighted by Crippen LogP contribution is -2.41. The number of aliphatic carboxylic acids is 1. The lowest BCUT2D eigenvalue weighted by Gasteiger charge is -2.15. The van der Waals surface area contributed by atoms with Gasteiger partial charge in [-0.3, -0.25) is 19.8 Å². The highest BCUT2D eigenvalue weighted by Crippen LogP contribution is 2.19. The van der Waals surface area contributed by atoms with Gasteiger partial charge in [0.1, 0.15) is 6.04 Å². The van der Waals surface area contributed by atoms with Crippen molar-refractivity contribution in [2.75, 3.05) is 0 Å². The molecule has 0 heterocycles. The molecule has 8 heteroatoms. The van der Waals surface area contributed by atoms with Gasteiger partial charge in [-0.1, -0.05) is 43.0 Å². The number of carbonyl (C=O) groups excluding carboxylic acids is 3. The van der Waals surface area contributed by atoms with Crippen LogP contribution in [0, 0.1) is 5.41 Å². The van der Waals surface area contributed by atoms with Gasteiger partial charge in [0.25, 0.3) is 5.91 Å². The van der Waals surface area contributed by atoms with Crippen LogP contribution in [0.2, 0.25) is 0 Å². The average molecular weight is 409 g/mol. The number of rotatable bonds is 7. The lowest BCUT2D eigenvalue weighted by atomic mass is 9.93. The Morgan fingerprint density at radius 1 is 1.20 bits per heavy atom. The molecule has 1 unspecified atom stereocenters. The fourth-order valence-electron chi connectivity index (χ4n) is 2.91. The number of carbonyl (C=O) groups is 4. The first-order chi connectivity index (χ1) is 14.2. The van der Waals surface area contributed by atoms with Crippen LogP contribution in [-0.4, -0.2) is 40.4 Å². The molecule has 0 spiro atoms. The molecule has 0 saturated heterocycles. The third-order valence-electron chi connectivity index (χ3n) is 4.54. The predicted octanol–water partition coefficient (Wildman–Crippen LogP) is 2.17. The summed E-state index contributed by atoms with van der Waals surface area (Å²) in [4.78, 5) is 49.2. The van der Waals surface area contributed by atoms with E-state index in [1.54, 1.807) is 18.2 Å². The minimum Gasteiger partial charge on any atom is -0.480 e. The number of ketones is 2. The van der Waals surface area contributed by atoms with Crippen molar-refractivity contribution in [2.24, 2.45) is 5.73 Å². The topological polar surface area (TPSA) is 150 Å². The zero-order valence-electron chi connectivity index (χ0n) is 16.3. The van der Waals surface area contributed by atoms with Crippen LogP contribution in [0.1, 0.15) is 46.4 Å². The lowest BCUT2D eigenvalue weighted by molar-refractivity contribution is -0.141. The molecule has 0 aliphatic heterocycles. The minimum absolute atomic E-state index is 0.0505. The maximum absolute atomic E-state index is 12.6. The van der Waals surface area contributed by atoms with Crippen molar-refractivity contribution < 1.29 is 24.3 Å². The van der Waals surface area contributed by atoms with Crippen molar-refractivity contribution in [2.45, 2.75) is 31.7 Å². The molecule has 1 aliphatic carbocycles. The SMILES string of the molecule is C=C1/C=C\C(C(=O)NC(CCCC(=N)N)C(=O)O)=C/CC(=O)c2ccccc2C1=O. The summed E-state index contributed by atoms with van der Waals surface area (Å²) >= 11 is 0. The molecule has 1 aromatic carbocycles. The van der Waals surface area contributed by atoms with E-state index < -0.39 is 23.7 Å². The zero-order valence-corrected chi connectivity index (χ0v) is 16.3. The van der Waals surface area contributed by atoms with Crippen LogP contribution < -0.4 is 11.1 Å².